The van der Waals surface area contributed by atoms with Crippen molar-refractivity contribution in [3.63, 3.8) is 0 Å². The number of rotatable bonds is 12. The predicted octanol–water partition coefficient (Wildman–Crippen LogP) is 7.24. The molecule has 0 bridgehead atoms. The number of anilines is 1. The average molecular weight is 626 g/mol. The van der Waals surface area contributed by atoms with Gasteiger partial charge in [-0.1, -0.05) is 74.5 Å². The highest BCUT2D eigenvalue weighted by atomic mass is 19.1. The number of aromatic nitrogens is 1. The number of likely N-dealkylation sites (tertiary alicyclic amines) is 1. The van der Waals surface area contributed by atoms with Gasteiger partial charge in [0.25, 0.3) is 5.91 Å². The van der Waals surface area contributed by atoms with E-state index < -0.39 is 18.0 Å². The number of para-hydroxylation sites is 1. The van der Waals surface area contributed by atoms with Crippen LogP contribution in [0.5, 0.6) is 0 Å². The lowest BCUT2D eigenvalue weighted by Gasteiger charge is -2.28. The van der Waals surface area contributed by atoms with Gasteiger partial charge in [0.2, 0.25) is 5.91 Å². The van der Waals surface area contributed by atoms with Crippen molar-refractivity contribution in [2.75, 3.05) is 18.4 Å². The van der Waals surface area contributed by atoms with Gasteiger partial charge in [0.15, 0.2) is 0 Å². The van der Waals surface area contributed by atoms with Crippen LogP contribution < -0.4 is 5.32 Å². The second-order valence-electron chi connectivity index (χ2n) is 12.4. The first-order valence-corrected chi connectivity index (χ1v) is 16.3. The smallest absolute Gasteiger partial charge is 0.258 e. The molecule has 1 saturated heterocycles. The van der Waals surface area contributed by atoms with E-state index in [-0.39, 0.29) is 43.5 Å². The summed E-state index contributed by atoms with van der Waals surface area (Å²) < 4.78 is 17.6. The Bertz CT molecular complexity index is 1610. The summed E-state index contributed by atoms with van der Waals surface area (Å²) >= 11 is 0. The highest BCUT2D eigenvalue weighted by Gasteiger charge is 2.32. The Kier molecular flexibility index (Phi) is 11.0. The molecule has 0 unspecified atom stereocenters. The molecule has 0 radical (unpaired) electrons. The summed E-state index contributed by atoms with van der Waals surface area (Å²) in [7, 11) is 0. The number of hydrogen-bond acceptors (Lipinski definition) is 4. The number of aliphatic hydroxyl groups is 2. The van der Waals surface area contributed by atoms with Gasteiger partial charge in [0.1, 0.15) is 5.82 Å². The zero-order valence-electron chi connectivity index (χ0n) is 26.7. The summed E-state index contributed by atoms with van der Waals surface area (Å²) in [5, 5.41) is 24.9. The Balaban J connectivity index is 1.53. The summed E-state index contributed by atoms with van der Waals surface area (Å²) in [4.78, 5) is 28.7. The minimum absolute atomic E-state index is 0.0275. The number of nitrogens with zero attached hydrogens (tertiary/aromatic N) is 2. The van der Waals surface area contributed by atoms with E-state index in [4.69, 9.17) is 0 Å². The molecule has 1 fully saturated rings. The quantitative estimate of drug-likeness (QED) is 0.155. The van der Waals surface area contributed by atoms with Crippen LogP contribution in [0.1, 0.15) is 74.3 Å². The van der Waals surface area contributed by atoms with Crippen LogP contribution >= 0.6 is 0 Å². The number of halogens is 1. The van der Waals surface area contributed by atoms with Crippen molar-refractivity contribution in [2.45, 2.75) is 77.0 Å². The van der Waals surface area contributed by atoms with E-state index in [1.165, 1.54) is 6.07 Å². The lowest BCUT2D eigenvalue weighted by Crippen LogP contribution is -2.37. The molecule has 0 aliphatic carbocycles. The van der Waals surface area contributed by atoms with Crippen LogP contribution in [-0.2, 0) is 11.3 Å². The Hall–Kier alpha value is -4.27. The summed E-state index contributed by atoms with van der Waals surface area (Å²) in [5.74, 6) is -0.951. The number of aliphatic hydroxyl groups excluding tert-OH is 2. The van der Waals surface area contributed by atoms with Crippen LogP contribution in [0.25, 0.3) is 22.4 Å². The van der Waals surface area contributed by atoms with Gasteiger partial charge in [0, 0.05) is 42.1 Å². The van der Waals surface area contributed by atoms with Gasteiger partial charge < -0.3 is 25.0 Å². The van der Waals surface area contributed by atoms with Crippen LogP contribution in [0.2, 0.25) is 0 Å². The number of nitrogens with one attached hydrogen (secondary N) is 1. The highest BCUT2D eigenvalue weighted by molar-refractivity contribution is 6.12. The molecule has 3 N–H and O–H groups in total. The van der Waals surface area contributed by atoms with E-state index in [1.807, 2.05) is 79.1 Å². The molecule has 1 aliphatic heterocycles. The zero-order valence-corrected chi connectivity index (χ0v) is 26.7. The van der Waals surface area contributed by atoms with Crippen molar-refractivity contribution in [3.8, 4) is 22.4 Å². The summed E-state index contributed by atoms with van der Waals surface area (Å²) in [6, 6.07) is 25.3. The van der Waals surface area contributed by atoms with Crippen molar-refractivity contribution in [2.24, 2.45) is 0 Å². The lowest BCUT2D eigenvalue weighted by atomic mass is 9.94. The SMILES string of the molecule is CC(C)c1c(C(=O)Nc2ccccc2)c(-c2ccccc2)c(-c2ccccc2F)n1CC[C@@H](O)C[C@@H](O)CC(=O)N1CCCCC1. The number of carbonyl (C=O) groups is 2. The molecule has 8 heteroatoms. The maximum atomic E-state index is 15.7. The van der Waals surface area contributed by atoms with Gasteiger partial charge in [-0.2, -0.15) is 0 Å². The molecule has 5 rings (SSSR count). The fraction of sp³-hybridized carbons (Fsp3) is 0.368. The molecule has 0 saturated carbocycles. The molecular weight excluding hydrogens is 581 g/mol. The third-order valence-corrected chi connectivity index (χ3v) is 8.65. The van der Waals surface area contributed by atoms with Gasteiger partial charge in [-0.05, 0) is 67.9 Å². The molecule has 1 aromatic heterocycles. The molecular formula is C38H44FN3O4. The van der Waals surface area contributed by atoms with Crippen LogP contribution in [0.4, 0.5) is 10.1 Å². The molecule has 0 spiro atoms. The fourth-order valence-electron chi connectivity index (χ4n) is 6.50. The van der Waals surface area contributed by atoms with E-state index in [1.54, 1.807) is 23.1 Å². The van der Waals surface area contributed by atoms with Crippen LogP contribution in [0.3, 0.4) is 0 Å². The first-order valence-electron chi connectivity index (χ1n) is 16.3. The largest absolute Gasteiger partial charge is 0.393 e. The maximum Gasteiger partial charge on any atom is 0.258 e. The fourth-order valence-corrected chi connectivity index (χ4v) is 6.50. The Morgan fingerprint density at radius 3 is 2.13 bits per heavy atom. The van der Waals surface area contributed by atoms with Crippen LogP contribution in [0.15, 0.2) is 84.9 Å². The molecule has 46 heavy (non-hydrogen) atoms. The van der Waals surface area contributed by atoms with Gasteiger partial charge >= 0.3 is 0 Å². The summed E-state index contributed by atoms with van der Waals surface area (Å²) in [6.45, 7) is 5.68. The molecule has 1 aliphatic rings. The highest BCUT2D eigenvalue weighted by Crippen LogP contribution is 2.43. The molecule has 3 aromatic carbocycles. The molecule has 2 atom stereocenters. The number of hydrogen-bond donors (Lipinski definition) is 3. The first kappa shape index (κ1) is 33.1. The molecule has 242 valence electrons. The number of carbonyl (C=O) groups excluding carboxylic acids is 2. The molecule has 2 heterocycles. The van der Waals surface area contributed by atoms with Crippen molar-refractivity contribution in [1.82, 2.24) is 9.47 Å². The number of benzene rings is 3. The number of amides is 2. The van der Waals surface area contributed by atoms with E-state index in [0.717, 1.165) is 30.5 Å². The first-order chi connectivity index (χ1) is 22.2. The summed E-state index contributed by atoms with van der Waals surface area (Å²) in [5.41, 5.74) is 4.10. The van der Waals surface area contributed by atoms with Gasteiger partial charge in [-0.25, -0.2) is 4.39 Å². The third-order valence-electron chi connectivity index (χ3n) is 8.65. The minimum atomic E-state index is -0.975. The third kappa shape index (κ3) is 7.74. The van der Waals surface area contributed by atoms with Gasteiger partial charge in [-0.3, -0.25) is 9.59 Å². The van der Waals surface area contributed by atoms with Crippen LogP contribution in [0, 0.1) is 5.82 Å². The molecule has 4 aromatic rings. The van der Waals surface area contributed by atoms with Crippen molar-refractivity contribution in [1.29, 1.82) is 0 Å². The van der Waals surface area contributed by atoms with Crippen molar-refractivity contribution in [3.05, 3.63) is 102 Å². The van der Waals surface area contributed by atoms with Gasteiger partial charge in [0.05, 0.1) is 29.9 Å². The van der Waals surface area contributed by atoms with Gasteiger partial charge in [-0.15, -0.1) is 0 Å². The second kappa shape index (κ2) is 15.3. The zero-order chi connectivity index (χ0) is 32.6. The normalized spacial score (nSPS) is 14.7. The van der Waals surface area contributed by atoms with E-state index in [9.17, 15) is 19.8 Å². The second-order valence-corrected chi connectivity index (χ2v) is 12.4. The minimum Gasteiger partial charge on any atom is -0.393 e. The van der Waals surface area contributed by atoms with E-state index in [0.29, 0.717) is 41.2 Å². The van der Waals surface area contributed by atoms with E-state index in [2.05, 4.69) is 5.32 Å². The maximum absolute atomic E-state index is 15.7. The Labute approximate surface area is 270 Å². The van der Waals surface area contributed by atoms with E-state index >= 15 is 4.39 Å². The summed E-state index contributed by atoms with van der Waals surface area (Å²) in [6.07, 6.45) is 1.41. The standard InChI is InChI=1S/C38H44FN3O4/c1-26(2)36-35(38(46)40-28-16-8-4-9-17-28)34(27-14-6-3-7-15-27)37(31-18-10-11-19-32(31)39)42(36)23-20-29(43)24-30(44)25-33(45)41-21-12-5-13-22-41/h3-4,6-11,14-19,26,29-30,43-44H,5,12-13,20-25H2,1-2H3,(H,40,46)/t29-,30-/m1/s1. The average Bonchev–Trinajstić information content (AvgIpc) is 3.40. The number of piperidine rings is 1. The van der Waals surface area contributed by atoms with Crippen molar-refractivity contribution >= 4 is 17.5 Å². The van der Waals surface area contributed by atoms with Crippen LogP contribution in [-0.4, -0.2) is 56.8 Å². The Morgan fingerprint density at radius 2 is 1.48 bits per heavy atom. The topological polar surface area (TPSA) is 94.8 Å². The molecule has 7 nitrogen and oxygen atoms in total. The lowest BCUT2D eigenvalue weighted by molar-refractivity contribution is -0.134. The molecule has 2 amide bonds. The Morgan fingerprint density at radius 1 is 0.848 bits per heavy atom. The monoisotopic (exact) mass is 625 g/mol. The predicted molar refractivity (Wildman–Crippen MR) is 180 cm³/mol. The van der Waals surface area contributed by atoms with Crippen molar-refractivity contribution < 1.29 is 24.2 Å².